The van der Waals surface area contributed by atoms with Gasteiger partial charge in [0, 0.05) is 31.0 Å². The second kappa shape index (κ2) is 7.01. The van der Waals surface area contributed by atoms with E-state index in [9.17, 15) is 5.26 Å². The highest BCUT2D eigenvalue weighted by Gasteiger charge is 2.43. The lowest BCUT2D eigenvalue weighted by Gasteiger charge is -2.49. The predicted molar refractivity (Wildman–Crippen MR) is 100 cm³/mol. The molecule has 0 atom stereocenters. The molecule has 132 valence electrons. The summed E-state index contributed by atoms with van der Waals surface area (Å²) >= 11 is 0. The Kier molecular flexibility index (Phi) is 4.96. The van der Waals surface area contributed by atoms with Crippen LogP contribution in [-0.2, 0) is 6.54 Å². The second-order valence-electron chi connectivity index (χ2n) is 8.28. The van der Waals surface area contributed by atoms with E-state index in [2.05, 4.69) is 61.0 Å². The van der Waals surface area contributed by atoms with Crippen molar-refractivity contribution >= 4 is 0 Å². The number of likely N-dealkylation sites (tertiary alicyclic amines) is 1. The van der Waals surface area contributed by atoms with Crippen LogP contribution in [-0.4, -0.2) is 27.5 Å². The summed E-state index contributed by atoms with van der Waals surface area (Å²) in [6, 6.07) is 11.1. The van der Waals surface area contributed by atoms with E-state index >= 15 is 0 Å². The number of nitriles is 1. The monoisotopic (exact) mass is 336 g/mol. The van der Waals surface area contributed by atoms with Gasteiger partial charge >= 0.3 is 0 Å². The van der Waals surface area contributed by atoms with Gasteiger partial charge in [0.15, 0.2) is 0 Å². The highest BCUT2D eigenvalue weighted by Crippen LogP contribution is 2.49. The Morgan fingerprint density at radius 2 is 1.84 bits per heavy atom. The summed E-state index contributed by atoms with van der Waals surface area (Å²) in [7, 11) is 0. The average Bonchev–Trinajstić information content (AvgIpc) is 3.11. The fourth-order valence-electron chi connectivity index (χ4n) is 3.93. The largest absolute Gasteiger partial charge is 0.306 e. The van der Waals surface area contributed by atoms with Gasteiger partial charge in [0.05, 0.1) is 12.4 Å². The molecular formula is C21H28N4. The Hall–Kier alpha value is -2.12. The van der Waals surface area contributed by atoms with Gasteiger partial charge < -0.3 is 4.57 Å². The van der Waals surface area contributed by atoms with Crippen LogP contribution in [0, 0.1) is 22.2 Å². The third-order valence-corrected chi connectivity index (χ3v) is 5.97. The summed E-state index contributed by atoms with van der Waals surface area (Å²) < 4.78 is 2.02. The summed E-state index contributed by atoms with van der Waals surface area (Å²) in [5.41, 5.74) is 2.82. The quantitative estimate of drug-likeness (QED) is 0.830. The van der Waals surface area contributed by atoms with Gasteiger partial charge in [0.2, 0.25) is 0 Å². The van der Waals surface area contributed by atoms with E-state index in [4.69, 9.17) is 0 Å². The number of piperidine rings is 1. The molecule has 3 rings (SSSR count). The van der Waals surface area contributed by atoms with Gasteiger partial charge in [0.1, 0.15) is 0 Å². The fraction of sp³-hybridized carbons (Fsp3) is 0.524. The first-order valence-electron chi connectivity index (χ1n) is 9.10. The van der Waals surface area contributed by atoms with Crippen molar-refractivity contribution in [2.45, 2.75) is 46.6 Å². The fourth-order valence-corrected chi connectivity index (χ4v) is 3.93. The topological polar surface area (TPSA) is 44.9 Å². The molecule has 0 saturated carbocycles. The molecule has 0 amide bonds. The maximum Gasteiger partial charge on any atom is 0.0991 e. The zero-order valence-electron chi connectivity index (χ0n) is 15.6. The lowest BCUT2D eigenvalue weighted by Crippen LogP contribution is -2.46. The SMILES string of the molecule is CC(C)(C)C1(CC#N)CCN(Cc2ccc(-n3ccnc3)cc2)CC1. The van der Waals surface area contributed by atoms with E-state index < -0.39 is 0 Å². The summed E-state index contributed by atoms with van der Waals surface area (Å²) in [4.78, 5) is 6.62. The van der Waals surface area contributed by atoms with Crippen LogP contribution in [0.15, 0.2) is 43.0 Å². The highest BCUT2D eigenvalue weighted by atomic mass is 15.1. The van der Waals surface area contributed by atoms with Crippen molar-refractivity contribution in [2.24, 2.45) is 10.8 Å². The van der Waals surface area contributed by atoms with E-state index in [-0.39, 0.29) is 10.8 Å². The molecule has 1 aliphatic rings. The number of aromatic nitrogens is 2. The number of nitrogens with zero attached hydrogens (tertiary/aromatic N) is 4. The van der Waals surface area contributed by atoms with Gasteiger partial charge in [-0.15, -0.1) is 0 Å². The van der Waals surface area contributed by atoms with Crippen LogP contribution in [0.2, 0.25) is 0 Å². The zero-order chi connectivity index (χ0) is 17.9. The Morgan fingerprint density at radius 1 is 1.16 bits per heavy atom. The molecule has 0 N–H and O–H groups in total. The number of hydrogen-bond acceptors (Lipinski definition) is 3. The number of hydrogen-bond donors (Lipinski definition) is 0. The Balaban J connectivity index is 1.61. The van der Waals surface area contributed by atoms with Crippen molar-refractivity contribution in [1.82, 2.24) is 14.5 Å². The molecule has 1 aromatic carbocycles. The minimum Gasteiger partial charge on any atom is -0.306 e. The molecule has 1 saturated heterocycles. The first kappa shape index (κ1) is 17.7. The van der Waals surface area contributed by atoms with Crippen LogP contribution >= 0.6 is 0 Å². The highest BCUT2D eigenvalue weighted by molar-refractivity contribution is 5.34. The van der Waals surface area contributed by atoms with E-state index in [0.717, 1.165) is 38.2 Å². The van der Waals surface area contributed by atoms with Crippen molar-refractivity contribution < 1.29 is 0 Å². The number of benzene rings is 1. The Morgan fingerprint density at radius 3 is 2.36 bits per heavy atom. The molecule has 2 aromatic rings. The number of imidazole rings is 1. The molecule has 0 unspecified atom stereocenters. The molecule has 0 aliphatic carbocycles. The van der Waals surface area contributed by atoms with Crippen LogP contribution in [0.1, 0.15) is 45.6 Å². The second-order valence-corrected chi connectivity index (χ2v) is 8.28. The Labute approximate surface area is 151 Å². The first-order valence-corrected chi connectivity index (χ1v) is 9.10. The maximum absolute atomic E-state index is 9.28. The van der Waals surface area contributed by atoms with Gasteiger partial charge in [-0.1, -0.05) is 32.9 Å². The molecule has 2 heterocycles. The van der Waals surface area contributed by atoms with E-state index in [1.807, 2.05) is 17.1 Å². The summed E-state index contributed by atoms with van der Waals surface area (Å²) in [5.74, 6) is 0. The minimum atomic E-state index is 0.156. The molecule has 1 aromatic heterocycles. The molecule has 1 aliphatic heterocycles. The van der Waals surface area contributed by atoms with Crippen molar-refractivity contribution in [2.75, 3.05) is 13.1 Å². The summed E-state index contributed by atoms with van der Waals surface area (Å²) in [6.07, 6.45) is 8.46. The lowest BCUT2D eigenvalue weighted by molar-refractivity contribution is 0.00711. The van der Waals surface area contributed by atoms with E-state index in [1.165, 1.54) is 5.56 Å². The molecule has 1 fully saturated rings. The maximum atomic E-state index is 9.28. The standard InChI is InChI=1S/C21H28N4/c1-20(2,3)21(8-11-22)9-13-24(14-10-21)16-18-4-6-19(7-5-18)25-15-12-23-17-25/h4-7,12,15,17H,8-10,13-14,16H2,1-3H3. The smallest absolute Gasteiger partial charge is 0.0991 e. The molecule has 4 heteroatoms. The van der Waals surface area contributed by atoms with Gasteiger partial charge in [0.25, 0.3) is 0 Å². The van der Waals surface area contributed by atoms with E-state index in [1.54, 1.807) is 6.20 Å². The molecule has 0 radical (unpaired) electrons. The summed E-state index contributed by atoms with van der Waals surface area (Å²) in [6.45, 7) is 9.99. The third kappa shape index (κ3) is 3.77. The minimum absolute atomic E-state index is 0.156. The molecule has 4 nitrogen and oxygen atoms in total. The van der Waals surface area contributed by atoms with Gasteiger partial charge in [-0.3, -0.25) is 4.90 Å². The third-order valence-electron chi connectivity index (χ3n) is 5.97. The van der Waals surface area contributed by atoms with Gasteiger partial charge in [-0.2, -0.15) is 5.26 Å². The van der Waals surface area contributed by atoms with Crippen LogP contribution in [0.4, 0.5) is 0 Å². The van der Waals surface area contributed by atoms with Crippen molar-refractivity contribution in [1.29, 1.82) is 5.26 Å². The summed E-state index contributed by atoms with van der Waals surface area (Å²) in [5, 5.41) is 9.28. The lowest BCUT2D eigenvalue weighted by atomic mass is 9.60. The predicted octanol–water partition coefficient (Wildman–Crippen LogP) is 4.41. The molecule has 0 bridgehead atoms. The first-order chi connectivity index (χ1) is 11.9. The van der Waals surface area contributed by atoms with Crippen LogP contribution in [0.5, 0.6) is 0 Å². The van der Waals surface area contributed by atoms with Crippen molar-refractivity contribution in [3.63, 3.8) is 0 Å². The van der Waals surface area contributed by atoms with Crippen LogP contribution in [0.3, 0.4) is 0 Å². The Bertz CT molecular complexity index is 709. The van der Waals surface area contributed by atoms with Crippen molar-refractivity contribution in [3.8, 4) is 11.8 Å². The molecule has 25 heavy (non-hydrogen) atoms. The van der Waals surface area contributed by atoms with Gasteiger partial charge in [-0.25, -0.2) is 4.98 Å². The van der Waals surface area contributed by atoms with Crippen molar-refractivity contribution in [3.05, 3.63) is 48.5 Å². The molecular weight excluding hydrogens is 308 g/mol. The molecule has 0 spiro atoms. The normalized spacial score (nSPS) is 18.0. The van der Waals surface area contributed by atoms with E-state index in [0.29, 0.717) is 6.42 Å². The average molecular weight is 336 g/mol. The van der Waals surface area contributed by atoms with Gasteiger partial charge in [-0.05, 0) is 54.5 Å². The number of rotatable bonds is 4. The van der Waals surface area contributed by atoms with Crippen LogP contribution in [0.25, 0.3) is 5.69 Å². The van der Waals surface area contributed by atoms with Crippen LogP contribution < -0.4 is 0 Å². The zero-order valence-corrected chi connectivity index (χ0v) is 15.6.